The van der Waals surface area contributed by atoms with Crippen molar-refractivity contribution in [2.45, 2.75) is 6.92 Å². The van der Waals surface area contributed by atoms with Crippen molar-refractivity contribution >= 4 is 15.9 Å². The number of aromatic nitrogens is 1. The Labute approximate surface area is 109 Å². The van der Waals surface area contributed by atoms with E-state index < -0.39 is 0 Å². The highest BCUT2D eigenvalue weighted by molar-refractivity contribution is 9.10. The monoisotopic (exact) mass is 293 g/mol. The van der Waals surface area contributed by atoms with Crippen molar-refractivity contribution < 1.29 is 9.47 Å². The van der Waals surface area contributed by atoms with Crippen LogP contribution in [0.1, 0.15) is 5.56 Å². The number of benzene rings is 1. The maximum atomic E-state index is 5.77. The van der Waals surface area contributed by atoms with Crippen LogP contribution in [-0.2, 0) is 0 Å². The summed E-state index contributed by atoms with van der Waals surface area (Å²) in [6, 6.07) is 9.42. The maximum absolute atomic E-state index is 5.77. The molecule has 17 heavy (non-hydrogen) atoms. The third kappa shape index (κ3) is 2.97. The van der Waals surface area contributed by atoms with Gasteiger partial charge in [0.25, 0.3) is 0 Å². The van der Waals surface area contributed by atoms with Crippen LogP contribution in [-0.4, -0.2) is 12.1 Å². The molecule has 1 heterocycles. The van der Waals surface area contributed by atoms with Crippen LogP contribution in [0, 0.1) is 6.92 Å². The lowest BCUT2D eigenvalue weighted by molar-refractivity contribution is 0.392. The van der Waals surface area contributed by atoms with Gasteiger partial charge in [0.15, 0.2) is 0 Å². The lowest BCUT2D eigenvalue weighted by Crippen LogP contribution is -1.90. The van der Waals surface area contributed by atoms with Crippen LogP contribution in [0.4, 0.5) is 0 Å². The zero-order valence-corrected chi connectivity index (χ0v) is 11.2. The fraction of sp³-hybridized carbons (Fsp3) is 0.154. The lowest BCUT2D eigenvalue weighted by atomic mass is 10.2. The number of pyridine rings is 1. The number of aryl methyl sites for hydroxylation is 1. The van der Waals surface area contributed by atoms with Crippen molar-refractivity contribution in [3.8, 4) is 17.4 Å². The van der Waals surface area contributed by atoms with Gasteiger partial charge in [0, 0.05) is 16.7 Å². The first kappa shape index (κ1) is 11.9. The Balaban J connectivity index is 2.25. The van der Waals surface area contributed by atoms with E-state index >= 15 is 0 Å². The van der Waals surface area contributed by atoms with Crippen molar-refractivity contribution in [1.29, 1.82) is 0 Å². The van der Waals surface area contributed by atoms with Gasteiger partial charge in [-0.15, -0.1) is 0 Å². The van der Waals surface area contributed by atoms with E-state index in [1.54, 1.807) is 25.4 Å². The average Bonchev–Trinajstić information content (AvgIpc) is 2.33. The van der Waals surface area contributed by atoms with Crippen LogP contribution in [0.2, 0.25) is 0 Å². The Morgan fingerprint density at radius 2 is 2.00 bits per heavy atom. The molecule has 0 saturated carbocycles. The van der Waals surface area contributed by atoms with E-state index in [0.29, 0.717) is 11.6 Å². The number of halogens is 1. The summed E-state index contributed by atoms with van der Waals surface area (Å²) < 4.78 is 11.8. The minimum atomic E-state index is 0.539. The van der Waals surface area contributed by atoms with Gasteiger partial charge in [-0.3, -0.25) is 0 Å². The number of rotatable bonds is 3. The number of nitrogens with zero attached hydrogens (tertiary/aromatic N) is 1. The summed E-state index contributed by atoms with van der Waals surface area (Å²) in [7, 11) is 1.58. The first-order valence-corrected chi connectivity index (χ1v) is 5.92. The maximum Gasteiger partial charge on any atom is 0.216 e. The number of hydrogen-bond acceptors (Lipinski definition) is 3. The number of ether oxygens (including phenoxy) is 2. The molecule has 0 saturated heterocycles. The van der Waals surface area contributed by atoms with Crippen LogP contribution in [0.3, 0.4) is 0 Å². The van der Waals surface area contributed by atoms with Gasteiger partial charge in [0.2, 0.25) is 5.88 Å². The summed E-state index contributed by atoms with van der Waals surface area (Å²) in [6.45, 7) is 2.00. The topological polar surface area (TPSA) is 31.4 Å². The molecular weight excluding hydrogens is 282 g/mol. The van der Waals surface area contributed by atoms with Crippen LogP contribution in [0.5, 0.6) is 17.4 Å². The summed E-state index contributed by atoms with van der Waals surface area (Å²) in [4.78, 5) is 4.03. The highest BCUT2D eigenvalue weighted by Gasteiger charge is 2.03. The zero-order chi connectivity index (χ0) is 12.3. The Morgan fingerprint density at radius 1 is 1.18 bits per heavy atom. The van der Waals surface area contributed by atoms with E-state index in [1.165, 1.54) is 0 Å². The SMILES string of the molecule is COc1cc(Oc2ccc(Br)cc2C)ccn1. The van der Waals surface area contributed by atoms with Gasteiger partial charge < -0.3 is 9.47 Å². The van der Waals surface area contributed by atoms with E-state index in [-0.39, 0.29) is 0 Å². The molecule has 0 unspecified atom stereocenters. The fourth-order valence-corrected chi connectivity index (χ4v) is 1.90. The van der Waals surface area contributed by atoms with Gasteiger partial charge in [-0.1, -0.05) is 15.9 Å². The molecule has 0 aliphatic carbocycles. The molecule has 0 N–H and O–H groups in total. The zero-order valence-electron chi connectivity index (χ0n) is 9.61. The molecule has 2 rings (SSSR count). The van der Waals surface area contributed by atoms with E-state index in [2.05, 4.69) is 20.9 Å². The average molecular weight is 294 g/mol. The predicted octanol–water partition coefficient (Wildman–Crippen LogP) is 3.95. The molecule has 0 aliphatic heterocycles. The normalized spacial score (nSPS) is 10.1. The van der Waals surface area contributed by atoms with Crippen molar-refractivity contribution in [3.63, 3.8) is 0 Å². The predicted molar refractivity (Wildman–Crippen MR) is 69.7 cm³/mol. The van der Waals surface area contributed by atoms with E-state index in [4.69, 9.17) is 9.47 Å². The van der Waals surface area contributed by atoms with Gasteiger partial charge >= 0.3 is 0 Å². The molecule has 0 fully saturated rings. The molecule has 0 aliphatic rings. The standard InChI is InChI=1S/C13H12BrNO2/c1-9-7-10(14)3-4-12(9)17-11-5-6-15-13(8-11)16-2/h3-8H,1-2H3. The summed E-state index contributed by atoms with van der Waals surface area (Å²) in [5.74, 6) is 2.07. The van der Waals surface area contributed by atoms with Crippen molar-refractivity contribution in [2.24, 2.45) is 0 Å². The largest absolute Gasteiger partial charge is 0.481 e. The van der Waals surface area contributed by atoms with E-state index in [9.17, 15) is 0 Å². The molecule has 0 spiro atoms. The second kappa shape index (κ2) is 5.19. The smallest absolute Gasteiger partial charge is 0.216 e. The van der Waals surface area contributed by atoms with Gasteiger partial charge in [-0.05, 0) is 36.8 Å². The third-order valence-electron chi connectivity index (χ3n) is 2.28. The second-order valence-electron chi connectivity index (χ2n) is 3.55. The van der Waals surface area contributed by atoms with Gasteiger partial charge in [-0.25, -0.2) is 4.98 Å². The molecule has 0 atom stereocenters. The molecule has 1 aromatic heterocycles. The van der Waals surface area contributed by atoms with Gasteiger partial charge in [0.05, 0.1) is 7.11 Å². The van der Waals surface area contributed by atoms with Gasteiger partial charge in [-0.2, -0.15) is 0 Å². The Morgan fingerprint density at radius 3 is 2.71 bits per heavy atom. The van der Waals surface area contributed by atoms with Crippen LogP contribution < -0.4 is 9.47 Å². The first-order valence-electron chi connectivity index (χ1n) is 5.13. The molecule has 0 radical (unpaired) electrons. The molecular formula is C13H12BrNO2. The second-order valence-corrected chi connectivity index (χ2v) is 4.46. The molecule has 1 aromatic carbocycles. The van der Waals surface area contributed by atoms with Crippen molar-refractivity contribution in [2.75, 3.05) is 7.11 Å². The highest BCUT2D eigenvalue weighted by Crippen LogP contribution is 2.28. The fourth-order valence-electron chi connectivity index (χ4n) is 1.42. The lowest BCUT2D eigenvalue weighted by Gasteiger charge is -2.09. The van der Waals surface area contributed by atoms with Gasteiger partial charge in [0.1, 0.15) is 11.5 Å². The Hall–Kier alpha value is -1.55. The Kier molecular flexibility index (Phi) is 3.64. The molecule has 0 bridgehead atoms. The molecule has 3 nitrogen and oxygen atoms in total. The number of hydrogen-bond donors (Lipinski definition) is 0. The molecule has 2 aromatic rings. The molecule has 0 amide bonds. The van der Waals surface area contributed by atoms with Crippen molar-refractivity contribution in [3.05, 3.63) is 46.6 Å². The summed E-state index contributed by atoms with van der Waals surface area (Å²) in [6.07, 6.45) is 1.66. The quantitative estimate of drug-likeness (QED) is 0.858. The minimum Gasteiger partial charge on any atom is -0.481 e. The minimum absolute atomic E-state index is 0.539. The van der Waals surface area contributed by atoms with Crippen LogP contribution >= 0.6 is 15.9 Å². The first-order chi connectivity index (χ1) is 8.19. The highest BCUT2D eigenvalue weighted by atomic mass is 79.9. The number of methoxy groups -OCH3 is 1. The van der Waals surface area contributed by atoms with Crippen LogP contribution in [0.25, 0.3) is 0 Å². The van der Waals surface area contributed by atoms with E-state index in [1.807, 2.05) is 25.1 Å². The molecule has 4 heteroatoms. The Bertz CT molecular complexity index is 529. The summed E-state index contributed by atoms with van der Waals surface area (Å²) in [5, 5.41) is 0. The molecule has 88 valence electrons. The summed E-state index contributed by atoms with van der Waals surface area (Å²) in [5.41, 5.74) is 1.06. The third-order valence-corrected chi connectivity index (χ3v) is 2.77. The van der Waals surface area contributed by atoms with E-state index in [0.717, 1.165) is 15.8 Å². The summed E-state index contributed by atoms with van der Waals surface area (Å²) >= 11 is 3.42. The van der Waals surface area contributed by atoms with Crippen molar-refractivity contribution in [1.82, 2.24) is 4.98 Å². The van der Waals surface area contributed by atoms with Crippen LogP contribution in [0.15, 0.2) is 41.0 Å².